The maximum atomic E-state index is 12.0. The molecule has 0 bridgehead atoms. The minimum atomic E-state index is -0.596. The average Bonchev–Trinajstić information content (AvgIpc) is 2.66. The monoisotopic (exact) mass is 374 g/mol. The van der Waals surface area contributed by atoms with Crippen molar-refractivity contribution >= 4 is 23.3 Å². The van der Waals surface area contributed by atoms with Crippen LogP contribution >= 0.6 is 0 Å². The Morgan fingerprint density at radius 1 is 1.11 bits per heavy atom. The number of benzene rings is 2. The van der Waals surface area contributed by atoms with E-state index in [4.69, 9.17) is 14.2 Å². The number of methoxy groups -OCH3 is 2. The zero-order chi connectivity index (χ0) is 19.8. The molecular weight excluding hydrogens is 356 g/mol. The summed E-state index contributed by atoms with van der Waals surface area (Å²) in [5, 5.41) is 13.2. The Hall–Kier alpha value is -3.62. The minimum Gasteiger partial charge on any atom is -0.497 e. The summed E-state index contributed by atoms with van der Waals surface area (Å²) in [5.41, 5.74) is 0.753. The van der Waals surface area contributed by atoms with Crippen LogP contribution in [0.5, 0.6) is 11.5 Å². The second-order valence-corrected chi connectivity index (χ2v) is 5.38. The van der Waals surface area contributed by atoms with E-state index in [-0.39, 0.29) is 23.5 Å². The van der Waals surface area contributed by atoms with Gasteiger partial charge in [0, 0.05) is 6.07 Å². The summed E-state index contributed by atoms with van der Waals surface area (Å²) in [6, 6.07) is 10.7. The van der Waals surface area contributed by atoms with Crippen molar-refractivity contribution in [2.75, 3.05) is 26.1 Å². The van der Waals surface area contributed by atoms with Gasteiger partial charge < -0.3 is 19.5 Å². The molecule has 2 aromatic rings. The van der Waals surface area contributed by atoms with E-state index in [2.05, 4.69) is 5.32 Å². The molecule has 0 radical (unpaired) electrons. The Kier molecular flexibility index (Phi) is 6.70. The minimum absolute atomic E-state index is 0.00860. The molecule has 0 aliphatic rings. The highest BCUT2D eigenvalue weighted by molar-refractivity contribution is 5.94. The van der Waals surface area contributed by atoms with E-state index in [0.717, 1.165) is 0 Å². The van der Waals surface area contributed by atoms with Gasteiger partial charge in [-0.05, 0) is 23.8 Å². The lowest BCUT2D eigenvalue weighted by Crippen LogP contribution is -2.22. The van der Waals surface area contributed by atoms with Gasteiger partial charge in [-0.15, -0.1) is 0 Å². The third-order valence-corrected chi connectivity index (χ3v) is 3.52. The number of non-ortho nitro benzene ring substituents is 1. The predicted octanol–water partition coefficient (Wildman–Crippen LogP) is 2.34. The SMILES string of the molecule is COc1cccc(CC(=O)OCC(=O)Nc2ccc([N+](=O)[O-])cc2OC)c1. The number of anilines is 1. The Bertz CT molecular complexity index is 851. The molecule has 0 spiro atoms. The molecule has 9 heteroatoms. The molecule has 0 aromatic heterocycles. The molecule has 2 rings (SSSR count). The van der Waals surface area contributed by atoms with Gasteiger partial charge in [0.1, 0.15) is 11.5 Å². The van der Waals surface area contributed by atoms with Gasteiger partial charge in [0.2, 0.25) is 0 Å². The lowest BCUT2D eigenvalue weighted by Gasteiger charge is -2.10. The number of nitrogens with one attached hydrogen (secondary N) is 1. The van der Waals surface area contributed by atoms with Crippen molar-refractivity contribution in [2.45, 2.75) is 6.42 Å². The van der Waals surface area contributed by atoms with Gasteiger partial charge in [-0.2, -0.15) is 0 Å². The first-order valence-corrected chi connectivity index (χ1v) is 7.83. The largest absolute Gasteiger partial charge is 0.497 e. The van der Waals surface area contributed by atoms with Gasteiger partial charge in [0.25, 0.3) is 11.6 Å². The highest BCUT2D eigenvalue weighted by Gasteiger charge is 2.15. The summed E-state index contributed by atoms with van der Waals surface area (Å²) in [4.78, 5) is 34.0. The fourth-order valence-electron chi connectivity index (χ4n) is 2.23. The number of carbonyl (C=O) groups excluding carboxylic acids is 2. The zero-order valence-electron chi connectivity index (χ0n) is 14.8. The van der Waals surface area contributed by atoms with E-state index in [0.29, 0.717) is 11.3 Å². The van der Waals surface area contributed by atoms with Crippen molar-refractivity contribution in [3.8, 4) is 11.5 Å². The number of rotatable bonds is 8. The topological polar surface area (TPSA) is 117 Å². The van der Waals surface area contributed by atoms with Crippen LogP contribution in [-0.4, -0.2) is 37.6 Å². The van der Waals surface area contributed by atoms with Gasteiger partial charge in [-0.25, -0.2) is 0 Å². The maximum absolute atomic E-state index is 12.0. The van der Waals surface area contributed by atoms with Crippen molar-refractivity contribution in [1.29, 1.82) is 0 Å². The average molecular weight is 374 g/mol. The van der Waals surface area contributed by atoms with Gasteiger partial charge in [0.15, 0.2) is 6.61 Å². The van der Waals surface area contributed by atoms with Crippen molar-refractivity contribution in [3.05, 3.63) is 58.1 Å². The Balaban J connectivity index is 1.90. The molecule has 2 aromatic carbocycles. The van der Waals surface area contributed by atoms with Crippen LogP contribution in [0, 0.1) is 10.1 Å². The Morgan fingerprint density at radius 2 is 1.89 bits per heavy atom. The van der Waals surface area contributed by atoms with Gasteiger partial charge in [-0.1, -0.05) is 12.1 Å². The number of nitro benzene ring substituents is 1. The summed E-state index contributed by atoms with van der Waals surface area (Å²) in [6.07, 6.45) is -0.00860. The van der Waals surface area contributed by atoms with Crippen LogP contribution in [0.2, 0.25) is 0 Å². The second kappa shape index (κ2) is 9.18. The van der Waals surface area contributed by atoms with E-state index >= 15 is 0 Å². The number of hydrogen-bond donors (Lipinski definition) is 1. The van der Waals surface area contributed by atoms with Gasteiger partial charge in [-0.3, -0.25) is 19.7 Å². The molecule has 0 aliphatic carbocycles. The number of ether oxygens (including phenoxy) is 3. The van der Waals surface area contributed by atoms with E-state index in [1.165, 1.54) is 32.4 Å². The summed E-state index contributed by atoms with van der Waals surface area (Å²) >= 11 is 0. The molecule has 1 N–H and O–H groups in total. The summed E-state index contributed by atoms with van der Waals surface area (Å²) in [5.74, 6) is -0.432. The number of hydrogen-bond acceptors (Lipinski definition) is 7. The lowest BCUT2D eigenvalue weighted by atomic mass is 10.1. The van der Waals surface area contributed by atoms with Crippen molar-refractivity contribution in [3.63, 3.8) is 0 Å². The number of nitro groups is 1. The first-order chi connectivity index (χ1) is 12.9. The third-order valence-electron chi connectivity index (χ3n) is 3.52. The normalized spacial score (nSPS) is 10.0. The lowest BCUT2D eigenvalue weighted by molar-refractivity contribution is -0.384. The maximum Gasteiger partial charge on any atom is 0.310 e. The summed E-state index contributed by atoms with van der Waals surface area (Å²) < 4.78 is 15.0. The third kappa shape index (κ3) is 5.70. The zero-order valence-corrected chi connectivity index (χ0v) is 14.8. The molecule has 9 nitrogen and oxygen atoms in total. The fourth-order valence-corrected chi connectivity index (χ4v) is 2.23. The van der Waals surface area contributed by atoms with E-state index in [1.807, 2.05) is 0 Å². The van der Waals surface area contributed by atoms with Crippen LogP contribution < -0.4 is 14.8 Å². The van der Waals surface area contributed by atoms with Crippen molar-refractivity contribution < 1.29 is 28.7 Å². The number of carbonyl (C=O) groups is 2. The van der Waals surface area contributed by atoms with Crippen LogP contribution in [0.25, 0.3) is 0 Å². The number of esters is 1. The summed E-state index contributed by atoms with van der Waals surface area (Å²) in [7, 11) is 2.84. The van der Waals surface area contributed by atoms with Crippen LogP contribution in [0.3, 0.4) is 0 Å². The standard InChI is InChI=1S/C18H18N2O7/c1-25-14-5-3-4-12(8-14)9-18(22)27-11-17(21)19-15-7-6-13(20(23)24)10-16(15)26-2/h3-8,10H,9,11H2,1-2H3,(H,19,21). The first kappa shape index (κ1) is 19.7. The smallest absolute Gasteiger partial charge is 0.310 e. The van der Waals surface area contributed by atoms with Gasteiger partial charge in [0.05, 0.1) is 37.3 Å². The quantitative estimate of drug-likeness (QED) is 0.428. The van der Waals surface area contributed by atoms with Crippen LogP contribution in [0.15, 0.2) is 42.5 Å². The molecule has 142 valence electrons. The molecule has 0 aliphatic heterocycles. The van der Waals surface area contributed by atoms with Crippen LogP contribution in [0.4, 0.5) is 11.4 Å². The van der Waals surface area contributed by atoms with Crippen LogP contribution in [-0.2, 0) is 20.7 Å². The highest BCUT2D eigenvalue weighted by atomic mass is 16.6. The van der Waals surface area contributed by atoms with Crippen molar-refractivity contribution in [2.24, 2.45) is 0 Å². The molecule has 0 heterocycles. The molecule has 0 saturated heterocycles. The fraction of sp³-hybridized carbons (Fsp3) is 0.222. The predicted molar refractivity (Wildman–Crippen MR) is 95.9 cm³/mol. The second-order valence-electron chi connectivity index (χ2n) is 5.38. The molecular formula is C18H18N2O7. The molecule has 0 fully saturated rings. The Morgan fingerprint density at radius 3 is 2.56 bits per heavy atom. The highest BCUT2D eigenvalue weighted by Crippen LogP contribution is 2.28. The number of nitrogens with zero attached hydrogens (tertiary/aromatic N) is 1. The first-order valence-electron chi connectivity index (χ1n) is 7.83. The number of amides is 1. The molecule has 0 saturated carbocycles. The Labute approximate surface area is 155 Å². The molecule has 0 unspecified atom stereocenters. The van der Waals surface area contributed by atoms with E-state index in [1.54, 1.807) is 24.3 Å². The molecule has 0 atom stereocenters. The van der Waals surface area contributed by atoms with E-state index in [9.17, 15) is 19.7 Å². The van der Waals surface area contributed by atoms with Crippen molar-refractivity contribution in [1.82, 2.24) is 0 Å². The van der Waals surface area contributed by atoms with Gasteiger partial charge >= 0.3 is 5.97 Å². The van der Waals surface area contributed by atoms with E-state index < -0.39 is 23.4 Å². The molecule has 1 amide bonds. The molecule has 27 heavy (non-hydrogen) atoms. The van der Waals surface area contributed by atoms with Crippen LogP contribution in [0.1, 0.15) is 5.56 Å². The summed E-state index contributed by atoms with van der Waals surface area (Å²) in [6.45, 7) is -0.497.